The van der Waals surface area contributed by atoms with E-state index >= 15 is 0 Å². The van der Waals surface area contributed by atoms with Crippen LogP contribution in [0.15, 0.2) is 117 Å². The van der Waals surface area contributed by atoms with Gasteiger partial charge in [-0.1, -0.05) is 72.1 Å². The molecule has 4 rings (SSSR count). The molecule has 0 amide bonds. The summed E-state index contributed by atoms with van der Waals surface area (Å²) < 4.78 is 26.1. The van der Waals surface area contributed by atoms with Crippen LogP contribution in [0.3, 0.4) is 0 Å². The number of ether oxygens (including phenoxy) is 4. The lowest BCUT2D eigenvalue weighted by molar-refractivity contribution is -0.194. The van der Waals surface area contributed by atoms with Gasteiger partial charge in [0.05, 0.1) is 31.3 Å². The van der Waals surface area contributed by atoms with Gasteiger partial charge in [-0.15, -0.1) is 0 Å². The maximum atomic E-state index is 11.5. The highest BCUT2D eigenvalue weighted by Gasteiger charge is 2.48. The van der Waals surface area contributed by atoms with Crippen molar-refractivity contribution in [3.8, 4) is 0 Å². The summed E-state index contributed by atoms with van der Waals surface area (Å²) >= 11 is 2.84. The van der Waals surface area contributed by atoms with Gasteiger partial charge in [0.1, 0.15) is 0 Å². The number of thioether (sulfide) groups is 1. The van der Waals surface area contributed by atoms with E-state index in [1.165, 1.54) is 11.8 Å². The van der Waals surface area contributed by atoms with Crippen LogP contribution in [0.4, 0.5) is 0 Å². The molecule has 1 aliphatic rings. The molecule has 0 saturated heterocycles. The Balaban J connectivity index is 1.89. The highest BCUT2D eigenvalue weighted by molar-refractivity contribution is 8.03. The lowest BCUT2D eigenvalue weighted by Gasteiger charge is -2.43. The molecule has 0 aliphatic heterocycles. The van der Waals surface area contributed by atoms with Crippen molar-refractivity contribution < 1.29 is 58.6 Å². The van der Waals surface area contributed by atoms with Crippen LogP contribution in [0.2, 0.25) is 0 Å². The van der Waals surface area contributed by atoms with Gasteiger partial charge in [0, 0.05) is 45.9 Å². The Bertz CT molecular complexity index is 1700. The fourth-order valence-corrected chi connectivity index (χ4v) is 7.29. The van der Waals surface area contributed by atoms with Crippen LogP contribution >= 0.6 is 23.5 Å². The number of benzene rings is 3. The molecular formula is C40H44O12S2. The van der Waals surface area contributed by atoms with E-state index in [9.17, 15) is 39.6 Å². The van der Waals surface area contributed by atoms with E-state index in [4.69, 9.17) is 18.9 Å². The largest absolute Gasteiger partial charge is 0.481 e. The normalized spacial score (nSPS) is 14.5. The van der Waals surface area contributed by atoms with E-state index in [2.05, 4.69) is 0 Å². The van der Waals surface area contributed by atoms with Gasteiger partial charge in [-0.05, 0) is 79.8 Å². The fraction of sp³-hybridized carbons (Fsp3) is 0.350. The standard InChI is InChI=1S/C40H44O12S2/c41-35(42)15-7-23-49-39(50-24-8-16-36(43)44)28-34(54-31-13-5-2-6-14-31)40(51-25-9-17-37(45)46,52-26-10-18-38(47)48)27-33(39)29-19-21-32(22-20-29)53-30-11-3-1-4-12-30/h1-6,11-14,19-22,27-28H,7-10,15-18,23-26H2,(H,41,42)(H,43,44)(H,45,46)(H,47,48). The third-order valence-corrected chi connectivity index (χ3v) is 10.0. The molecule has 3 aromatic carbocycles. The van der Waals surface area contributed by atoms with Gasteiger partial charge in [-0.3, -0.25) is 19.2 Å². The van der Waals surface area contributed by atoms with Crippen LogP contribution in [-0.4, -0.2) is 82.3 Å². The van der Waals surface area contributed by atoms with Crippen LogP contribution in [0, 0.1) is 0 Å². The van der Waals surface area contributed by atoms with Gasteiger partial charge in [-0.25, -0.2) is 0 Å². The molecule has 3 aromatic rings. The quantitative estimate of drug-likeness (QED) is 0.0481. The predicted molar refractivity (Wildman–Crippen MR) is 202 cm³/mol. The zero-order valence-electron chi connectivity index (χ0n) is 29.6. The van der Waals surface area contributed by atoms with Crippen LogP contribution in [0.25, 0.3) is 5.57 Å². The Morgan fingerprint density at radius 1 is 0.463 bits per heavy atom. The third-order valence-electron chi connectivity index (χ3n) is 7.90. The lowest BCUT2D eigenvalue weighted by Crippen LogP contribution is -2.46. The summed E-state index contributed by atoms with van der Waals surface area (Å²) in [5, 5.41) is 37.5. The van der Waals surface area contributed by atoms with Crippen molar-refractivity contribution in [2.24, 2.45) is 0 Å². The molecule has 0 unspecified atom stereocenters. The SMILES string of the molecule is O=C(O)CCCOC1(OCCCC(=O)O)C=C(c2ccc(Sc3ccccc3)cc2)C(OCCCC(=O)O)(OCCCC(=O)O)C=C1Sc1ccccc1. The summed E-state index contributed by atoms with van der Waals surface area (Å²) in [7, 11) is 0. The Labute approximate surface area is 322 Å². The summed E-state index contributed by atoms with van der Waals surface area (Å²) in [5.74, 6) is -7.37. The summed E-state index contributed by atoms with van der Waals surface area (Å²) in [5.41, 5.74) is 1.04. The second kappa shape index (κ2) is 21.4. The number of hydrogen-bond acceptors (Lipinski definition) is 10. The summed E-state index contributed by atoms with van der Waals surface area (Å²) in [4.78, 5) is 48.9. The minimum absolute atomic E-state index is 0.0414. The van der Waals surface area contributed by atoms with Crippen molar-refractivity contribution in [3.63, 3.8) is 0 Å². The van der Waals surface area contributed by atoms with E-state index < -0.39 is 35.5 Å². The zero-order chi connectivity index (χ0) is 38.8. The molecule has 0 fully saturated rings. The fourth-order valence-electron chi connectivity index (χ4n) is 5.38. The van der Waals surface area contributed by atoms with Crippen molar-refractivity contribution in [1.29, 1.82) is 0 Å². The summed E-state index contributed by atoms with van der Waals surface area (Å²) in [6.07, 6.45) is 3.29. The molecule has 0 radical (unpaired) electrons. The number of hydrogen-bond donors (Lipinski definition) is 4. The number of carboxylic acids is 4. The molecule has 12 nitrogen and oxygen atoms in total. The predicted octanol–water partition coefficient (Wildman–Crippen LogP) is 7.83. The average molecular weight is 781 g/mol. The number of carbonyl (C=O) groups is 4. The topological polar surface area (TPSA) is 186 Å². The molecule has 0 atom stereocenters. The molecule has 288 valence electrons. The monoisotopic (exact) mass is 780 g/mol. The van der Waals surface area contributed by atoms with E-state index in [1.54, 1.807) is 23.9 Å². The first-order chi connectivity index (χ1) is 26.0. The van der Waals surface area contributed by atoms with Gasteiger partial charge in [0.2, 0.25) is 11.6 Å². The number of rotatable bonds is 25. The molecule has 14 heteroatoms. The average Bonchev–Trinajstić information content (AvgIpc) is 3.14. The molecule has 0 bridgehead atoms. The van der Waals surface area contributed by atoms with Crippen molar-refractivity contribution in [2.75, 3.05) is 26.4 Å². The number of aliphatic carboxylic acids is 4. The smallest absolute Gasteiger partial charge is 0.303 e. The van der Waals surface area contributed by atoms with Crippen molar-refractivity contribution in [3.05, 3.63) is 108 Å². The minimum atomic E-state index is -1.69. The molecular weight excluding hydrogens is 737 g/mol. The van der Waals surface area contributed by atoms with E-state index in [-0.39, 0.29) is 77.8 Å². The van der Waals surface area contributed by atoms with Gasteiger partial charge in [0.15, 0.2) is 0 Å². The minimum Gasteiger partial charge on any atom is -0.481 e. The maximum absolute atomic E-state index is 11.5. The Hall–Kier alpha value is -4.44. The molecule has 4 N–H and O–H groups in total. The van der Waals surface area contributed by atoms with Gasteiger partial charge >= 0.3 is 23.9 Å². The van der Waals surface area contributed by atoms with Crippen LogP contribution in [0.5, 0.6) is 0 Å². The van der Waals surface area contributed by atoms with Crippen molar-refractivity contribution in [2.45, 2.75) is 77.6 Å². The van der Waals surface area contributed by atoms with Crippen LogP contribution in [-0.2, 0) is 38.1 Å². The second-order valence-corrected chi connectivity index (χ2v) is 14.4. The van der Waals surface area contributed by atoms with Crippen molar-refractivity contribution in [1.82, 2.24) is 0 Å². The summed E-state index contributed by atoms with van der Waals surface area (Å²) in [6, 6.07) is 26.7. The maximum Gasteiger partial charge on any atom is 0.303 e. The Morgan fingerprint density at radius 3 is 1.24 bits per heavy atom. The molecule has 0 heterocycles. The van der Waals surface area contributed by atoms with Gasteiger partial charge in [0.25, 0.3) is 0 Å². The molecule has 0 saturated carbocycles. The first-order valence-electron chi connectivity index (χ1n) is 17.5. The van der Waals surface area contributed by atoms with Crippen molar-refractivity contribution >= 4 is 53.0 Å². The zero-order valence-corrected chi connectivity index (χ0v) is 31.2. The lowest BCUT2D eigenvalue weighted by atomic mass is 9.89. The molecule has 0 aromatic heterocycles. The van der Waals surface area contributed by atoms with Gasteiger partial charge in [-0.2, -0.15) is 0 Å². The molecule has 1 aliphatic carbocycles. The second-order valence-electron chi connectivity index (χ2n) is 12.1. The molecule has 54 heavy (non-hydrogen) atoms. The van der Waals surface area contributed by atoms with E-state index in [0.29, 0.717) is 16.0 Å². The Morgan fingerprint density at radius 2 is 0.833 bits per heavy atom. The molecule has 0 spiro atoms. The van der Waals surface area contributed by atoms with Crippen LogP contribution < -0.4 is 0 Å². The summed E-state index contributed by atoms with van der Waals surface area (Å²) in [6.45, 7) is -0.174. The van der Waals surface area contributed by atoms with Crippen LogP contribution in [0.1, 0.15) is 56.9 Å². The van der Waals surface area contributed by atoms with E-state index in [1.807, 2.05) is 84.9 Å². The highest BCUT2D eigenvalue weighted by Crippen LogP contribution is 2.50. The Kier molecular flexibility index (Phi) is 16.8. The van der Waals surface area contributed by atoms with Gasteiger partial charge < -0.3 is 39.4 Å². The van der Waals surface area contributed by atoms with E-state index in [0.717, 1.165) is 14.7 Å². The first-order valence-corrected chi connectivity index (χ1v) is 19.1. The first kappa shape index (κ1) is 42.3. The highest BCUT2D eigenvalue weighted by atomic mass is 32.2. The number of carboxylic acid groups (broad SMARTS) is 4. The third kappa shape index (κ3) is 13.4.